The van der Waals surface area contributed by atoms with E-state index in [1.54, 1.807) is 12.4 Å². The summed E-state index contributed by atoms with van der Waals surface area (Å²) in [5, 5.41) is 8.46. The predicted octanol–water partition coefficient (Wildman–Crippen LogP) is 0.671. The molecule has 1 heterocycles. The average Bonchev–Trinajstić information content (AvgIpc) is 2.07. The van der Waals surface area contributed by atoms with Gasteiger partial charge < -0.3 is 5.11 Å². The molecule has 0 saturated carbocycles. The van der Waals surface area contributed by atoms with E-state index in [9.17, 15) is 0 Å². The van der Waals surface area contributed by atoms with Crippen LogP contribution in [0.3, 0.4) is 0 Å². The third-order valence-corrected chi connectivity index (χ3v) is 1.91. The minimum absolute atomic E-state index is 0.165. The van der Waals surface area contributed by atoms with Gasteiger partial charge in [0.05, 0.1) is 6.61 Å². The van der Waals surface area contributed by atoms with Crippen molar-refractivity contribution in [2.75, 3.05) is 13.2 Å². The van der Waals surface area contributed by atoms with Gasteiger partial charge in [0.1, 0.15) is 0 Å². The summed E-state index contributed by atoms with van der Waals surface area (Å²) in [6, 6.07) is 3.82. The molecule has 1 rings (SSSR count). The van der Waals surface area contributed by atoms with E-state index < -0.39 is 0 Å². The fraction of sp³-hybridized carbons (Fsp3) is 0.286. The highest BCUT2D eigenvalue weighted by Crippen LogP contribution is 2.10. The van der Waals surface area contributed by atoms with Crippen molar-refractivity contribution >= 4 is 11.9 Å². The van der Waals surface area contributed by atoms with Crippen LogP contribution in [0.5, 0.6) is 0 Å². The number of hydrogen-bond acceptors (Lipinski definition) is 4. The highest BCUT2D eigenvalue weighted by Gasteiger charge is 1.89. The van der Waals surface area contributed by atoms with Crippen molar-refractivity contribution in [3.8, 4) is 0 Å². The second-order valence-corrected chi connectivity index (χ2v) is 2.87. The van der Waals surface area contributed by atoms with Gasteiger partial charge in [0.2, 0.25) is 0 Å². The summed E-state index contributed by atoms with van der Waals surface area (Å²) >= 11 is 1.49. The first kappa shape index (κ1) is 8.52. The van der Waals surface area contributed by atoms with Crippen LogP contribution in [0, 0.1) is 0 Å². The van der Waals surface area contributed by atoms with Gasteiger partial charge in [-0.1, -0.05) is 0 Å². The van der Waals surface area contributed by atoms with Gasteiger partial charge in [-0.15, -0.1) is 0 Å². The highest BCUT2D eigenvalue weighted by molar-refractivity contribution is 7.97. The fourth-order valence-electron chi connectivity index (χ4n) is 0.586. The molecule has 0 spiro atoms. The summed E-state index contributed by atoms with van der Waals surface area (Å²) in [4.78, 5) is 4.99. The standard InChI is InChI=1S/C7H10N2OS/c10-6-5-9-11-7-1-3-8-4-2-7/h1-4,9-10H,5-6H2. The van der Waals surface area contributed by atoms with Crippen molar-refractivity contribution in [1.29, 1.82) is 0 Å². The molecule has 11 heavy (non-hydrogen) atoms. The van der Waals surface area contributed by atoms with E-state index in [-0.39, 0.29) is 6.61 Å². The second-order valence-electron chi connectivity index (χ2n) is 1.90. The minimum Gasteiger partial charge on any atom is -0.395 e. The highest BCUT2D eigenvalue weighted by atomic mass is 32.2. The molecule has 0 unspecified atom stereocenters. The Morgan fingerprint density at radius 1 is 1.45 bits per heavy atom. The Labute approximate surface area is 70.0 Å². The van der Waals surface area contributed by atoms with Gasteiger partial charge in [-0.25, -0.2) is 0 Å². The zero-order valence-electron chi connectivity index (χ0n) is 6.03. The van der Waals surface area contributed by atoms with E-state index in [0.717, 1.165) is 4.90 Å². The largest absolute Gasteiger partial charge is 0.395 e. The van der Waals surface area contributed by atoms with E-state index in [1.807, 2.05) is 12.1 Å². The topological polar surface area (TPSA) is 45.1 Å². The third kappa shape index (κ3) is 3.36. The van der Waals surface area contributed by atoms with Crippen LogP contribution in [0.2, 0.25) is 0 Å². The van der Waals surface area contributed by atoms with Gasteiger partial charge >= 0.3 is 0 Å². The summed E-state index contributed by atoms with van der Waals surface area (Å²) in [6.45, 7) is 0.769. The van der Waals surface area contributed by atoms with Gasteiger partial charge in [0, 0.05) is 23.8 Å². The maximum Gasteiger partial charge on any atom is 0.0565 e. The molecule has 0 aliphatic carbocycles. The molecular weight excluding hydrogens is 160 g/mol. The number of rotatable bonds is 4. The number of nitrogens with one attached hydrogen (secondary N) is 1. The van der Waals surface area contributed by atoms with Crippen LogP contribution in [0.15, 0.2) is 29.4 Å². The Hall–Kier alpha value is -0.580. The Morgan fingerprint density at radius 2 is 2.18 bits per heavy atom. The van der Waals surface area contributed by atoms with E-state index in [0.29, 0.717) is 6.54 Å². The van der Waals surface area contributed by atoms with E-state index in [2.05, 4.69) is 9.71 Å². The second kappa shape index (κ2) is 5.12. The quantitative estimate of drug-likeness (QED) is 0.515. The normalized spacial score (nSPS) is 9.91. The van der Waals surface area contributed by atoms with E-state index >= 15 is 0 Å². The molecule has 0 amide bonds. The van der Waals surface area contributed by atoms with Gasteiger partial charge in [-0.2, -0.15) is 0 Å². The number of hydrogen-bond donors (Lipinski definition) is 2. The average molecular weight is 170 g/mol. The number of aliphatic hydroxyl groups is 1. The molecule has 0 aliphatic heterocycles. The lowest BCUT2D eigenvalue weighted by Gasteiger charge is -1.99. The van der Waals surface area contributed by atoms with Crippen LogP contribution in [0.1, 0.15) is 0 Å². The third-order valence-electron chi connectivity index (χ3n) is 1.05. The molecule has 0 aliphatic rings. The summed E-state index contributed by atoms with van der Waals surface area (Å²) in [7, 11) is 0. The molecule has 4 heteroatoms. The molecule has 0 aromatic carbocycles. The van der Waals surface area contributed by atoms with Crippen LogP contribution in [0.4, 0.5) is 0 Å². The van der Waals surface area contributed by atoms with Gasteiger partial charge in [0.15, 0.2) is 0 Å². The maximum absolute atomic E-state index is 8.46. The smallest absolute Gasteiger partial charge is 0.0565 e. The summed E-state index contributed by atoms with van der Waals surface area (Å²) in [6.07, 6.45) is 3.48. The lowest BCUT2D eigenvalue weighted by molar-refractivity contribution is 0.302. The van der Waals surface area contributed by atoms with Crippen LogP contribution >= 0.6 is 11.9 Å². The van der Waals surface area contributed by atoms with Gasteiger partial charge in [-0.3, -0.25) is 9.71 Å². The first-order valence-corrected chi connectivity index (χ1v) is 4.15. The van der Waals surface area contributed by atoms with Gasteiger partial charge in [-0.05, 0) is 24.1 Å². The minimum atomic E-state index is 0.165. The maximum atomic E-state index is 8.46. The molecule has 0 fully saturated rings. The molecule has 0 atom stereocenters. The van der Waals surface area contributed by atoms with Crippen LogP contribution < -0.4 is 4.72 Å². The van der Waals surface area contributed by atoms with Crippen molar-refractivity contribution in [1.82, 2.24) is 9.71 Å². The molecule has 0 saturated heterocycles. The van der Waals surface area contributed by atoms with Crippen molar-refractivity contribution in [3.05, 3.63) is 24.5 Å². The first-order chi connectivity index (χ1) is 5.43. The zero-order valence-corrected chi connectivity index (χ0v) is 6.84. The Kier molecular flexibility index (Phi) is 3.96. The van der Waals surface area contributed by atoms with E-state index in [1.165, 1.54) is 11.9 Å². The zero-order chi connectivity index (χ0) is 7.94. The lowest BCUT2D eigenvalue weighted by Crippen LogP contribution is -2.08. The molecule has 3 nitrogen and oxygen atoms in total. The number of aromatic nitrogens is 1. The SMILES string of the molecule is OCCNSc1ccncc1. The lowest BCUT2D eigenvalue weighted by atomic mass is 10.5. The predicted molar refractivity (Wildman–Crippen MR) is 45.2 cm³/mol. The fourth-order valence-corrected chi connectivity index (χ4v) is 1.20. The summed E-state index contributed by atoms with van der Waals surface area (Å²) < 4.78 is 2.99. The molecule has 1 aromatic rings. The van der Waals surface area contributed by atoms with Crippen LogP contribution in [0.25, 0.3) is 0 Å². The van der Waals surface area contributed by atoms with Crippen LogP contribution in [-0.2, 0) is 0 Å². The molecule has 1 aromatic heterocycles. The number of aliphatic hydroxyl groups excluding tert-OH is 1. The first-order valence-electron chi connectivity index (χ1n) is 3.34. The molecule has 60 valence electrons. The Balaban J connectivity index is 2.28. The van der Waals surface area contributed by atoms with Crippen molar-refractivity contribution in [2.24, 2.45) is 0 Å². The van der Waals surface area contributed by atoms with Gasteiger partial charge in [0.25, 0.3) is 0 Å². The van der Waals surface area contributed by atoms with E-state index in [4.69, 9.17) is 5.11 Å². The Bertz CT molecular complexity index is 193. The van der Waals surface area contributed by atoms with Crippen LogP contribution in [-0.4, -0.2) is 23.2 Å². The molecule has 0 radical (unpaired) electrons. The summed E-state index contributed by atoms with van der Waals surface area (Å²) in [5.74, 6) is 0. The number of pyridine rings is 1. The number of nitrogens with zero attached hydrogens (tertiary/aromatic N) is 1. The van der Waals surface area contributed by atoms with Crippen molar-refractivity contribution in [3.63, 3.8) is 0 Å². The van der Waals surface area contributed by atoms with Crippen molar-refractivity contribution in [2.45, 2.75) is 4.90 Å². The molecular formula is C7H10N2OS. The molecule has 2 N–H and O–H groups in total. The Morgan fingerprint density at radius 3 is 2.82 bits per heavy atom. The molecule has 0 bridgehead atoms. The monoisotopic (exact) mass is 170 g/mol. The van der Waals surface area contributed by atoms with Crippen molar-refractivity contribution < 1.29 is 5.11 Å². The summed E-state index contributed by atoms with van der Waals surface area (Å²) in [5.41, 5.74) is 0.